The molecule has 51 heavy (non-hydrogen) atoms. The van der Waals surface area contributed by atoms with Crippen LogP contribution in [0.5, 0.6) is 11.5 Å². The first-order valence-electron chi connectivity index (χ1n) is 16.8. The van der Waals surface area contributed by atoms with E-state index in [0.717, 1.165) is 0 Å². The van der Waals surface area contributed by atoms with Gasteiger partial charge in [-0.05, 0) is 65.7 Å². The van der Waals surface area contributed by atoms with Crippen LogP contribution in [0.3, 0.4) is 0 Å². The van der Waals surface area contributed by atoms with Gasteiger partial charge in [-0.1, -0.05) is 25.2 Å². The van der Waals surface area contributed by atoms with Crippen LogP contribution in [0.15, 0.2) is 42.8 Å². The van der Waals surface area contributed by atoms with Crippen molar-refractivity contribution in [3.63, 3.8) is 0 Å². The summed E-state index contributed by atoms with van der Waals surface area (Å²) in [4.78, 5) is 54.6. The molecule has 276 valence electrons. The molecule has 3 aliphatic heterocycles. The van der Waals surface area contributed by atoms with Crippen molar-refractivity contribution in [3.05, 3.63) is 53.9 Å². The molecule has 14 nitrogen and oxygen atoms in total. The van der Waals surface area contributed by atoms with Crippen molar-refractivity contribution in [2.75, 3.05) is 33.6 Å². The van der Waals surface area contributed by atoms with Gasteiger partial charge >= 0.3 is 12.1 Å². The first kappa shape index (κ1) is 39.5. The van der Waals surface area contributed by atoms with Crippen molar-refractivity contribution in [2.45, 2.75) is 90.8 Å². The maximum Gasteiger partial charge on any atom is 0.416 e. The highest BCUT2D eigenvalue weighted by atomic mass is 16.8. The van der Waals surface area contributed by atoms with E-state index < -0.39 is 53.7 Å². The number of ether oxygens (including phenoxy) is 7. The summed E-state index contributed by atoms with van der Waals surface area (Å²) in [7, 11) is 7.15. The molecule has 1 saturated heterocycles. The highest BCUT2D eigenvalue weighted by molar-refractivity contribution is 6.56. The molecule has 4 rings (SSSR count). The van der Waals surface area contributed by atoms with Gasteiger partial charge in [0.1, 0.15) is 47.6 Å². The number of ketones is 1. The Balaban J connectivity index is 1.58. The third-order valence-electron chi connectivity index (χ3n) is 8.17. The van der Waals surface area contributed by atoms with Crippen LogP contribution < -0.4 is 14.8 Å². The van der Waals surface area contributed by atoms with Gasteiger partial charge in [0.15, 0.2) is 24.2 Å². The molecule has 5 atom stereocenters. The van der Waals surface area contributed by atoms with Crippen LogP contribution in [0.4, 0.5) is 9.59 Å². The molecule has 0 bridgehead atoms. The Morgan fingerprint density at radius 3 is 2.55 bits per heavy atom. The number of methoxy groups -OCH3 is 1. The minimum absolute atomic E-state index is 0.000792. The van der Waals surface area contributed by atoms with Crippen molar-refractivity contribution in [1.29, 1.82) is 0 Å². The van der Waals surface area contributed by atoms with Crippen LogP contribution in [0.25, 0.3) is 6.08 Å². The third kappa shape index (κ3) is 10.8. The minimum atomic E-state index is -0.962. The van der Waals surface area contributed by atoms with Crippen molar-refractivity contribution >= 4 is 37.6 Å². The van der Waals surface area contributed by atoms with E-state index in [0.29, 0.717) is 17.7 Å². The lowest BCUT2D eigenvalue weighted by Crippen LogP contribution is -2.50. The summed E-state index contributed by atoms with van der Waals surface area (Å²) >= 11 is 0. The van der Waals surface area contributed by atoms with E-state index in [1.807, 2.05) is 6.92 Å². The van der Waals surface area contributed by atoms with Crippen LogP contribution in [-0.4, -0.2) is 111 Å². The van der Waals surface area contributed by atoms with E-state index in [-0.39, 0.29) is 49.5 Å². The summed E-state index contributed by atoms with van der Waals surface area (Å²) in [5.41, 5.74) is -0.146. The standard InChI is InChI=1S/C36H48BN3O11/c1-22-12-13-26(41)31-27(49-36(6,7)50-31)11-9-10-24-18-25(19-28(47-21-45-8)30(24)32(42)48-23(22)2)46-17-16-39(33(37)43)20-29-38-14-15-40(29)34(44)51-35(3,4)5/h9-10,12-15,18-19,22-23,27,29,31,38H,11,16-17,20-21H2,1-8H3/b10-9?,13-12-/t22-,23?,27?,29?,31?/m1/s1. The molecule has 0 aromatic heterocycles. The quantitative estimate of drug-likeness (QED) is 0.218. The van der Waals surface area contributed by atoms with E-state index in [4.69, 9.17) is 41.0 Å². The van der Waals surface area contributed by atoms with Gasteiger partial charge < -0.3 is 43.4 Å². The number of nitrogens with one attached hydrogen (secondary N) is 1. The number of fused-ring (bicyclic) bond motifs is 2. The maximum atomic E-state index is 13.7. The monoisotopic (exact) mass is 709 g/mol. The van der Waals surface area contributed by atoms with Crippen LogP contribution in [0.1, 0.15) is 70.8 Å². The van der Waals surface area contributed by atoms with Gasteiger partial charge in [-0.3, -0.25) is 14.5 Å². The number of esters is 1. The fraction of sp³-hybridized carbons (Fsp3) is 0.556. The summed E-state index contributed by atoms with van der Waals surface area (Å²) in [6, 6.07) is 3.18. The lowest BCUT2D eigenvalue weighted by molar-refractivity contribution is -0.152. The Bertz CT molecular complexity index is 1540. The van der Waals surface area contributed by atoms with E-state index in [9.17, 15) is 19.2 Å². The number of rotatable bonds is 9. The van der Waals surface area contributed by atoms with Crippen LogP contribution in [0, 0.1) is 5.92 Å². The van der Waals surface area contributed by atoms with Gasteiger partial charge in [-0.2, -0.15) is 0 Å². The number of benzene rings is 1. The Kier molecular flexibility index (Phi) is 13.0. The van der Waals surface area contributed by atoms with Crippen molar-refractivity contribution < 1.29 is 52.3 Å². The fourth-order valence-corrected chi connectivity index (χ4v) is 5.53. The number of carbonyl (C=O) groups is 4. The Morgan fingerprint density at radius 1 is 1.12 bits per heavy atom. The molecule has 1 N–H and O–H groups in total. The average molecular weight is 710 g/mol. The molecule has 15 heteroatoms. The Hall–Kier alpha value is -4.34. The van der Waals surface area contributed by atoms with E-state index in [2.05, 4.69) is 5.32 Å². The van der Waals surface area contributed by atoms with Gasteiger partial charge in [0.2, 0.25) is 7.85 Å². The molecule has 1 aromatic carbocycles. The second kappa shape index (κ2) is 16.8. The highest BCUT2D eigenvalue weighted by Gasteiger charge is 2.43. The van der Waals surface area contributed by atoms with Crippen molar-refractivity contribution in [3.8, 4) is 11.5 Å². The number of cyclic esters (lactones) is 1. The molecule has 2 amide bonds. The zero-order valence-electron chi connectivity index (χ0n) is 30.5. The van der Waals surface area contributed by atoms with Crippen LogP contribution >= 0.6 is 0 Å². The molecule has 0 saturated carbocycles. The fourth-order valence-electron chi connectivity index (χ4n) is 5.53. The number of hydrogen-bond acceptors (Lipinski definition) is 12. The van der Waals surface area contributed by atoms with Gasteiger partial charge in [0, 0.05) is 31.5 Å². The second-order valence-electron chi connectivity index (χ2n) is 13.9. The Morgan fingerprint density at radius 2 is 1.86 bits per heavy atom. The summed E-state index contributed by atoms with van der Waals surface area (Å²) in [5.74, 6) is -2.40. The second-order valence-corrected chi connectivity index (χ2v) is 13.9. The zero-order valence-corrected chi connectivity index (χ0v) is 30.5. The molecular weight excluding hydrogens is 661 g/mol. The molecule has 1 fully saturated rings. The van der Waals surface area contributed by atoms with Gasteiger partial charge in [-0.25, -0.2) is 9.59 Å². The van der Waals surface area contributed by atoms with Crippen LogP contribution in [-0.2, 0) is 28.5 Å². The first-order chi connectivity index (χ1) is 24.0. The summed E-state index contributed by atoms with van der Waals surface area (Å²) < 4.78 is 40.4. The average Bonchev–Trinajstić information content (AvgIpc) is 3.63. The van der Waals surface area contributed by atoms with Crippen LogP contribution in [0.2, 0.25) is 0 Å². The van der Waals surface area contributed by atoms with Gasteiger partial charge in [0.05, 0.1) is 19.2 Å². The maximum absolute atomic E-state index is 13.7. The Labute approximate surface area is 300 Å². The number of hydrogen-bond donors (Lipinski definition) is 1. The minimum Gasteiger partial charge on any atom is -0.492 e. The van der Waals surface area contributed by atoms with Crippen molar-refractivity contribution in [2.24, 2.45) is 5.92 Å². The third-order valence-corrected chi connectivity index (χ3v) is 8.17. The molecule has 0 spiro atoms. The molecular formula is C36H48BN3O11. The molecule has 2 radical (unpaired) electrons. The molecule has 1 aromatic rings. The predicted molar refractivity (Wildman–Crippen MR) is 187 cm³/mol. The molecule has 3 aliphatic rings. The van der Waals surface area contributed by atoms with Crippen molar-refractivity contribution in [1.82, 2.24) is 15.1 Å². The number of amides is 2. The smallest absolute Gasteiger partial charge is 0.416 e. The molecule has 0 aliphatic carbocycles. The number of carbonyl (C=O) groups excluding carboxylic acids is 4. The summed E-state index contributed by atoms with van der Waals surface area (Å²) in [6.07, 6.45) is 6.87. The largest absolute Gasteiger partial charge is 0.492 e. The summed E-state index contributed by atoms with van der Waals surface area (Å²) in [6.45, 7) is 12.3. The first-order valence-corrected chi connectivity index (χ1v) is 16.8. The van der Waals surface area contributed by atoms with Gasteiger partial charge in [-0.15, -0.1) is 0 Å². The zero-order chi connectivity index (χ0) is 37.5. The van der Waals surface area contributed by atoms with E-state index in [1.165, 1.54) is 35.3 Å². The predicted octanol–water partition coefficient (Wildman–Crippen LogP) is 4.52. The number of nitrogens with zero attached hydrogens (tertiary/aromatic N) is 2. The molecule has 3 heterocycles. The lowest BCUT2D eigenvalue weighted by atomic mass is 9.99. The lowest BCUT2D eigenvalue weighted by Gasteiger charge is -2.31. The molecule has 4 unspecified atom stereocenters. The summed E-state index contributed by atoms with van der Waals surface area (Å²) in [5, 5.41) is 3.03. The van der Waals surface area contributed by atoms with E-state index >= 15 is 0 Å². The normalized spacial score (nSPS) is 25.2. The van der Waals surface area contributed by atoms with E-state index in [1.54, 1.807) is 72.0 Å². The van der Waals surface area contributed by atoms with Gasteiger partial charge in [0.25, 0.3) is 0 Å². The SMILES string of the molecule is [B]C(=O)N(CCOc1cc2c(c(OCOC)c1)C(=O)OC(C)[C@H](C)/C=C\C(=O)C1OC(C)(C)OC1CC=C2)CC1NC=CN1C(=O)OC(C)(C)C. The highest BCUT2D eigenvalue weighted by Crippen LogP contribution is 2.34. The topological polar surface area (TPSA) is 151 Å².